The summed E-state index contributed by atoms with van der Waals surface area (Å²) in [5.74, 6) is -0.877. The second-order valence-electron chi connectivity index (χ2n) is 6.32. The van der Waals surface area contributed by atoms with Crippen molar-refractivity contribution in [1.82, 2.24) is 10.2 Å². The molecule has 1 aliphatic heterocycles. The van der Waals surface area contributed by atoms with E-state index in [1.807, 2.05) is 19.0 Å². The van der Waals surface area contributed by atoms with E-state index >= 15 is 0 Å². The van der Waals surface area contributed by atoms with Crippen molar-refractivity contribution < 1.29 is 17.6 Å². The number of anilines is 1. The first-order valence-electron chi connectivity index (χ1n) is 8.14. The highest BCUT2D eigenvalue weighted by Crippen LogP contribution is 2.42. The van der Waals surface area contributed by atoms with Crippen LogP contribution in [0.25, 0.3) is 11.1 Å². The van der Waals surface area contributed by atoms with Gasteiger partial charge in [-0.15, -0.1) is 0 Å². The molecule has 0 atom stereocenters. The molecule has 0 aromatic heterocycles. The summed E-state index contributed by atoms with van der Waals surface area (Å²) in [4.78, 5) is 14.2. The molecular weight excluding hydrogens is 357 g/mol. The molecule has 6 nitrogen and oxygen atoms in total. The maximum absolute atomic E-state index is 13.8. The molecule has 2 aromatic carbocycles. The number of nitrogens with zero attached hydrogens (tertiary/aromatic N) is 2. The maximum Gasteiger partial charge on any atom is 0.265 e. The average Bonchev–Trinajstić information content (AvgIpc) is 2.58. The lowest BCUT2D eigenvalue weighted by Gasteiger charge is -2.31. The lowest BCUT2D eigenvalue weighted by Crippen LogP contribution is -2.43. The van der Waals surface area contributed by atoms with E-state index in [0.29, 0.717) is 29.9 Å². The number of rotatable bonds is 5. The van der Waals surface area contributed by atoms with Crippen LogP contribution < -0.4 is 9.62 Å². The van der Waals surface area contributed by atoms with Crippen molar-refractivity contribution in [3.05, 3.63) is 48.3 Å². The van der Waals surface area contributed by atoms with E-state index in [-0.39, 0.29) is 11.4 Å². The molecule has 1 N–H and O–H groups in total. The van der Waals surface area contributed by atoms with Crippen LogP contribution in [0.5, 0.6) is 0 Å². The number of halogens is 1. The standard InChI is InChI=1S/C18H20FN3O3S/c1-21(2)10-9-20-18(23)12-22-16-8-7-13(19)11-15(16)14-5-3-4-6-17(14)26(22,24)25/h3-8,11H,9-10,12H2,1-2H3,(H,20,23). The van der Waals surface area contributed by atoms with Crippen molar-refractivity contribution >= 4 is 21.6 Å². The van der Waals surface area contributed by atoms with Gasteiger partial charge in [-0.3, -0.25) is 9.10 Å². The van der Waals surface area contributed by atoms with Gasteiger partial charge >= 0.3 is 0 Å². The van der Waals surface area contributed by atoms with Crippen molar-refractivity contribution in [3.8, 4) is 11.1 Å². The number of carbonyl (C=O) groups excluding carboxylic acids is 1. The van der Waals surface area contributed by atoms with Gasteiger partial charge in [-0.1, -0.05) is 18.2 Å². The van der Waals surface area contributed by atoms with Crippen molar-refractivity contribution in [1.29, 1.82) is 0 Å². The summed E-state index contributed by atoms with van der Waals surface area (Å²) < 4.78 is 40.8. The van der Waals surface area contributed by atoms with Crippen LogP contribution in [0.2, 0.25) is 0 Å². The Morgan fingerprint density at radius 1 is 1.15 bits per heavy atom. The zero-order valence-corrected chi connectivity index (χ0v) is 15.4. The van der Waals surface area contributed by atoms with Crippen LogP contribution in [-0.4, -0.2) is 53.0 Å². The number of likely N-dealkylation sites (N-methyl/N-ethyl adjacent to an activating group) is 1. The first-order chi connectivity index (χ1) is 12.3. The molecule has 3 rings (SSSR count). The van der Waals surface area contributed by atoms with E-state index in [4.69, 9.17) is 0 Å². The number of sulfonamides is 1. The van der Waals surface area contributed by atoms with Crippen LogP contribution in [0.1, 0.15) is 0 Å². The van der Waals surface area contributed by atoms with Crippen LogP contribution in [0.4, 0.5) is 10.1 Å². The first-order valence-corrected chi connectivity index (χ1v) is 9.58. The van der Waals surface area contributed by atoms with Gasteiger partial charge in [-0.05, 0) is 38.4 Å². The first kappa shape index (κ1) is 18.3. The third-order valence-electron chi connectivity index (χ3n) is 4.14. The summed E-state index contributed by atoms with van der Waals surface area (Å²) in [6.07, 6.45) is 0. The fourth-order valence-electron chi connectivity index (χ4n) is 2.88. The number of benzene rings is 2. The Labute approximate surface area is 152 Å². The monoisotopic (exact) mass is 377 g/mol. The quantitative estimate of drug-likeness (QED) is 0.861. The molecule has 0 saturated carbocycles. The largest absolute Gasteiger partial charge is 0.353 e. The van der Waals surface area contributed by atoms with Crippen LogP contribution in [-0.2, 0) is 14.8 Å². The van der Waals surface area contributed by atoms with Gasteiger partial charge in [0.25, 0.3) is 10.0 Å². The molecule has 0 fully saturated rings. The molecule has 8 heteroatoms. The van der Waals surface area contributed by atoms with Gasteiger partial charge in [0.1, 0.15) is 12.4 Å². The van der Waals surface area contributed by atoms with E-state index in [2.05, 4.69) is 5.32 Å². The van der Waals surface area contributed by atoms with Gasteiger partial charge in [-0.2, -0.15) is 0 Å². The van der Waals surface area contributed by atoms with Crippen LogP contribution >= 0.6 is 0 Å². The van der Waals surface area contributed by atoms with Crippen LogP contribution in [0.3, 0.4) is 0 Å². The van der Waals surface area contributed by atoms with Gasteiger partial charge in [0, 0.05) is 24.2 Å². The van der Waals surface area contributed by atoms with Crippen molar-refractivity contribution in [2.24, 2.45) is 0 Å². The second kappa shape index (κ2) is 7.05. The van der Waals surface area contributed by atoms with E-state index < -0.39 is 21.7 Å². The minimum absolute atomic E-state index is 0.0687. The molecule has 1 heterocycles. The molecule has 0 aliphatic carbocycles. The summed E-state index contributed by atoms with van der Waals surface area (Å²) in [6.45, 7) is 0.693. The number of hydrogen-bond acceptors (Lipinski definition) is 4. The predicted molar refractivity (Wildman–Crippen MR) is 97.9 cm³/mol. The lowest BCUT2D eigenvalue weighted by molar-refractivity contribution is -0.119. The maximum atomic E-state index is 13.8. The average molecular weight is 377 g/mol. The molecule has 2 aromatic rings. The number of fused-ring (bicyclic) bond motifs is 3. The molecule has 1 amide bonds. The Kier molecular flexibility index (Phi) is 4.97. The summed E-state index contributed by atoms with van der Waals surface area (Å²) >= 11 is 0. The minimum atomic E-state index is -3.91. The summed E-state index contributed by atoms with van der Waals surface area (Å²) in [6, 6.07) is 10.3. The zero-order valence-electron chi connectivity index (χ0n) is 14.6. The predicted octanol–water partition coefficient (Wildman–Crippen LogP) is 1.68. The van der Waals surface area contributed by atoms with E-state index in [9.17, 15) is 17.6 Å². The van der Waals surface area contributed by atoms with E-state index in [1.165, 1.54) is 24.3 Å². The highest BCUT2D eigenvalue weighted by Gasteiger charge is 2.35. The molecule has 138 valence electrons. The van der Waals surface area contributed by atoms with Gasteiger partial charge in [0.2, 0.25) is 5.91 Å². The van der Waals surface area contributed by atoms with E-state index in [0.717, 1.165) is 4.31 Å². The van der Waals surface area contributed by atoms with Crippen molar-refractivity contribution in [2.45, 2.75) is 4.90 Å². The second-order valence-corrected chi connectivity index (χ2v) is 8.15. The molecular formula is C18H20FN3O3S. The smallest absolute Gasteiger partial charge is 0.265 e. The highest BCUT2D eigenvalue weighted by atomic mass is 32.2. The molecule has 1 aliphatic rings. The van der Waals surface area contributed by atoms with Crippen LogP contribution in [0.15, 0.2) is 47.4 Å². The van der Waals surface area contributed by atoms with Crippen molar-refractivity contribution in [3.63, 3.8) is 0 Å². The molecule has 0 saturated heterocycles. The SMILES string of the molecule is CN(C)CCNC(=O)CN1c2ccc(F)cc2-c2ccccc2S1(=O)=O. The third-order valence-corrected chi connectivity index (χ3v) is 5.96. The molecule has 0 unspecified atom stereocenters. The minimum Gasteiger partial charge on any atom is -0.353 e. The number of nitrogens with one attached hydrogen (secondary N) is 1. The zero-order chi connectivity index (χ0) is 18.9. The normalized spacial score (nSPS) is 14.7. The van der Waals surface area contributed by atoms with Gasteiger partial charge in [0.15, 0.2) is 0 Å². The third kappa shape index (κ3) is 3.42. The molecule has 0 bridgehead atoms. The Morgan fingerprint density at radius 3 is 2.62 bits per heavy atom. The fraction of sp³-hybridized carbons (Fsp3) is 0.278. The summed E-state index contributed by atoms with van der Waals surface area (Å²) in [5, 5.41) is 2.70. The Balaban J connectivity index is 1.97. The Morgan fingerprint density at radius 2 is 1.88 bits per heavy atom. The molecule has 26 heavy (non-hydrogen) atoms. The Bertz CT molecular complexity index is 944. The summed E-state index contributed by atoms with van der Waals surface area (Å²) in [7, 11) is -0.150. The topological polar surface area (TPSA) is 69.7 Å². The van der Waals surface area contributed by atoms with Gasteiger partial charge < -0.3 is 10.2 Å². The highest BCUT2D eigenvalue weighted by molar-refractivity contribution is 7.93. The fourth-order valence-corrected chi connectivity index (χ4v) is 4.53. The molecule has 0 radical (unpaired) electrons. The number of hydrogen-bond donors (Lipinski definition) is 1. The van der Waals surface area contributed by atoms with E-state index in [1.54, 1.807) is 18.2 Å². The Hall–Kier alpha value is -2.45. The van der Waals surface area contributed by atoms with Crippen molar-refractivity contribution in [2.75, 3.05) is 38.0 Å². The van der Waals surface area contributed by atoms with Gasteiger partial charge in [0.05, 0.1) is 10.6 Å². The van der Waals surface area contributed by atoms with Crippen LogP contribution in [0, 0.1) is 5.82 Å². The summed E-state index contributed by atoms with van der Waals surface area (Å²) in [5.41, 5.74) is 1.19. The molecule has 0 spiro atoms. The number of carbonyl (C=O) groups is 1. The number of amides is 1. The van der Waals surface area contributed by atoms with Gasteiger partial charge in [-0.25, -0.2) is 12.8 Å². The lowest BCUT2D eigenvalue weighted by atomic mass is 10.0.